The SMILES string of the molecule is O=C1CC2c3ccccc3CC2O1.O=C1OC2Cc3ccccc3C2C1(Cl)Cl. The van der Waals surface area contributed by atoms with E-state index < -0.39 is 10.3 Å². The van der Waals surface area contributed by atoms with E-state index in [0.29, 0.717) is 18.8 Å². The first-order valence-electron chi connectivity index (χ1n) is 9.39. The minimum atomic E-state index is -1.42. The number of carbonyl (C=O) groups is 2. The van der Waals surface area contributed by atoms with E-state index in [4.69, 9.17) is 32.7 Å². The van der Waals surface area contributed by atoms with Gasteiger partial charge in [0.1, 0.15) is 12.2 Å². The van der Waals surface area contributed by atoms with Crippen LogP contribution in [-0.4, -0.2) is 28.5 Å². The van der Waals surface area contributed by atoms with Crippen LogP contribution in [0.15, 0.2) is 48.5 Å². The molecule has 2 fully saturated rings. The Balaban J connectivity index is 0.000000123. The summed E-state index contributed by atoms with van der Waals surface area (Å²) < 4.78 is 8.99. The second-order valence-electron chi connectivity index (χ2n) is 7.69. The first-order valence-corrected chi connectivity index (χ1v) is 10.1. The number of halogens is 2. The molecule has 2 aliphatic carbocycles. The molecule has 0 aromatic heterocycles. The van der Waals surface area contributed by atoms with Crippen molar-refractivity contribution in [3.63, 3.8) is 0 Å². The molecule has 2 aromatic rings. The Labute approximate surface area is 172 Å². The molecule has 4 atom stereocenters. The number of alkyl halides is 2. The maximum Gasteiger partial charge on any atom is 0.343 e. The average Bonchev–Trinajstić information content (AvgIpc) is 3.35. The number of esters is 2. The van der Waals surface area contributed by atoms with Crippen LogP contribution in [0.1, 0.15) is 40.5 Å². The Kier molecular flexibility index (Phi) is 4.18. The minimum absolute atomic E-state index is 0.0375. The molecule has 4 aliphatic rings. The molecule has 2 aromatic carbocycles. The van der Waals surface area contributed by atoms with E-state index in [1.54, 1.807) is 0 Å². The lowest BCUT2D eigenvalue weighted by molar-refractivity contribution is -0.142. The van der Waals surface area contributed by atoms with Gasteiger partial charge in [-0.05, 0) is 22.3 Å². The molecule has 2 saturated heterocycles. The second-order valence-corrected chi connectivity index (χ2v) is 9.08. The zero-order chi connectivity index (χ0) is 19.5. The van der Waals surface area contributed by atoms with Crippen LogP contribution in [0.25, 0.3) is 0 Å². The molecule has 6 rings (SSSR count). The van der Waals surface area contributed by atoms with Gasteiger partial charge in [-0.15, -0.1) is 0 Å². The zero-order valence-corrected chi connectivity index (χ0v) is 16.5. The minimum Gasteiger partial charge on any atom is -0.461 e. The van der Waals surface area contributed by atoms with Crippen molar-refractivity contribution in [3.8, 4) is 0 Å². The average molecular weight is 417 g/mol. The number of hydrogen-bond acceptors (Lipinski definition) is 4. The first-order chi connectivity index (χ1) is 13.4. The molecule has 144 valence electrons. The van der Waals surface area contributed by atoms with Gasteiger partial charge in [0, 0.05) is 18.8 Å². The third-order valence-corrected chi connectivity index (χ3v) is 6.88. The lowest BCUT2D eigenvalue weighted by Gasteiger charge is -2.16. The van der Waals surface area contributed by atoms with Crippen LogP contribution >= 0.6 is 23.2 Å². The Morgan fingerprint density at radius 2 is 1.39 bits per heavy atom. The van der Waals surface area contributed by atoms with Crippen LogP contribution in [0.3, 0.4) is 0 Å². The highest BCUT2D eigenvalue weighted by Crippen LogP contribution is 2.52. The van der Waals surface area contributed by atoms with E-state index in [-0.39, 0.29) is 24.1 Å². The van der Waals surface area contributed by atoms with Crippen LogP contribution in [-0.2, 0) is 31.9 Å². The van der Waals surface area contributed by atoms with Crippen molar-refractivity contribution in [2.24, 2.45) is 0 Å². The van der Waals surface area contributed by atoms with Gasteiger partial charge in [-0.3, -0.25) is 4.79 Å². The molecule has 0 radical (unpaired) electrons. The molecular formula is C22H18Cl2O4. The summed E-state index contributed by atoms with van der Waals surface area (Å²) in [4.78, 5) is 22.5. The number of carbonyl (C=O) groups excluding carboxylic acids is 2. The molecule has 4 nitrogen and oxygen atoms in total. The van der Waals surface area contributed by atoms with E-state index >= 15 is 0 Å². The molecule has 0 amide bonds. The quantitative estimate of drug-likeness (QED) is 0.479. The summed E-state index contributed by atoms with van der Waals surface area (Å²) in [5.41, 5.74) is 4.88. The van der Waals surface area contributed by atoms with Gasteiger partial charge in [-0.1, -0.05) is 71.7 Å². The molecule has 4 unspecified atom stereocenters. The summed E-state index contributed by atoms with van der Waals surface area (Å²) in [5.74, 6) is -0.437. The maximum atomic E-state index is 11.4. The van der Waals surface area contributed by atoms with Gasteiger partial charge in [0.2, 0.25) is 4.33 Å². The Hall–Kier alpha value is -2.04. The molecule has 0 bridgehead atoms. The highest BCUT2D eigenvalue weighted by molar-refractivity contribution is 6.58. The van der Waals surface area contributed by atoms with Crippen LogP contribution in [0.5, 0.6) is 0 Å². The van der Waals surface area contributed by atoms with Gasteiger partial charge >= 0.3 is 11.9 Å². The number of benzene rings is 2. The van der Waals surface area contributed by atoms with E-state index in [1.807, 2.05) is 36.4 Å². The monoisotopic (exact) mass is 416 g/mol. The predicted molar refractivity (Wildman–Crippen MR) is 105 cm³/mol. The van der Waals surface area contributed by atoms with Crippen LogP contribution in [0.4, 0.5) is 0 Å². The van der Waals surface area contributed by atoms with Crippen molar-refractivity contribution in [2.45, 2.75) is 47.6 Å². The van der Waals surface area contributed by atoms with Crippen molar-refractivity contribution in [2.75, 3.05) is 0 Å². The second kappa shape index (κ2) is 6.50. The third-order valence-electron chi connectivity index (χ3n) is 6.10. The van der Waals surface area contributed by atoms with E-state index in [0.717, 1.165) is 12.0 Å². The topological polar surface area (TPSA) is 52.6 Å². The Morgan fingerprint density at radius 3 is 2.14 bits per heavy atom. The Bertz CT molecular complexity index is 971. The summed E-state index contributed by atoms with van der Waals surface area (Å²) >= 11 is 12.1. The third kappa shape index (κ3) is 2.73. The van der Waals surface area contributed by atoms with Gasteiger partial charge < -0.3 is 9.47 Å². The van der Waals surface area contributed by atoms with E-state index in [2.05, 4.69) is 12.1 Å². The van der Waals surface area contributed by atoms with Crippen LogP contribution in [0.2, 0.25) is 0 Å². The standard InChI is InChI=1S/C11H8Cl2O2.C11H10O2/c12-11(13)9-7-4-2-1-3-6(7)5-8(9)15-10(11)14;12-11-6-9-8-4-2-1-3-7(8)5-10(9)13-11/h1-4,8-9H,5H2;1-4,9-10H,5-6H2. The number of hydrogen-bond donors (Lipinski definition) is 0. The molecule has 28 heavy (non-hydrogen) atoms. The highest BCUT2D eigenvalue weighted by Gasteiger charge is 2.59. The van der Waals surface area contributed by atoms with E-state index in [9.17, 15) is 9.59 Å². The Morgan fingerprint density at radius 1 is 0.786 bits per heavy atom. The summed E-state index contributed by atoms with van der Waals surface area (Å²) in [7, 11) is 0. The van der Waals surface area contributed by atoms with E-state index in [1.165, 1.54) is 16.7 Å². The fourth-order valence-corrected chi connectivity index (χ4v) is 5.45. The largest absolute Gasteiger partial charge is 0.461 e. The predicted octanol–water partition coefficient (Wildman–Crippen LogP) is 4.07. The summed E-state index contributed by atoms with van der Waals surface area (Å²) in [6.45, 7) is 0. The number of rotatable bonds is 0. The van der Waals surface area contributed by atoms with Crippen molar-refractivity contribution in [1.82, 2.24) is 0 Å². The number of ether oxygens (including phenoxy) is 2. The van der Waals surface area contributed by atoms with Gasteiger partial charge in [-0.25, -0.2) is 4.79 Å². The molecule has 6 heteroatoms. The van der Waals surface area contributed by atoms with Crippen molar-refractivity contribution in [1.29, 1.82) is 0 Å². The summed E-state index contributed by atoms with van der Waals surface area (Å²) in [6.07, 6.45) is 2.14. The smallest absolute Gasteiger partial charge is 0.343 e. The van der Waals surface area contributed by atoms with Crippen molar-refractivity contribution >= 4 is 35.1 Å². The molecule has 2 heterocycles. The molecule has 0 N–H and O–H groups in total. The van der Waals surface area contributed by atoms with Crippen LogP contribution < -0.4 is 0 Å². The lowest BCUT2D eigenvalue weighted by Crippen LogP contribution is -2.26. The lowest BCUT2D eigenvalue weighted by atomic mass is 9.97. The highest BCUT2D eigenvalue weighted by atomic mass is 35.5. The summed E-state index contributed by atoms with van der Waals surface area (Å²) in [5, 5.41) is 0. The molecule has 0 spiro atoms. The van der Waals surface area contributed by atoms with Gasteiger partial charge in [0.15, 0.2) is 0 Å². The molecular weight excluding hydrogens is 399 g/mol. The first kappa shape index (κ1) is 18.0. The molecule has 2 aliphatic heterocycles. The normalized spacial score (nSPS) is 30.4. The molecule has 0 saturated carbocycles. The van der Waals surface area contributed by atoms with Gasteiger partial charge in [0.25, 0.3) is 0 Å². The zero-order valence-electron chi connectivity index (χ0n) is 14.9. The van der Waals surface area contributed by atoms with Crippen LogP contribution in [0, 0.1) is 0 Å². The maximum absolute atomic E-state index is 11.4. The van der Waals surface area contributed by atoms with Gasteiger partial charge in [-0.2, -0.15) is 0 Å². The van der Waals surface area contributed by atoms with Crippen molar-refractivity contribution < 1.29 is 19.1 Å². The number of fused-ring (bicyclic) bond motifs is 6. The van der Waals surface area contributed by atoms with Crippen molar-refractivity contribution in [3.05, 3.63) is 70.8 Å². The summed E-state index contributed by atoms with van der Waals surface area (Å²) in [6, 6.07) is 16.2. The fraction of sp³-hybridized carbons (Fsp3) is 0.364. The fourth-order valence-electron chi connectivity index (χ4n) is 4.84. The van der Waals surface area contributed by atoms with Gasteiger partial charge in [0.05, 0.1) is 12.3 Å².